The average molecular weight is 621 g/mol. The first kappa shape index (κ1) is 31.7. The lowest BCUT2D eigenvalue weighted by Crippen LogP contribution is -2.49. The van der Waals surface area contributed by atoms with Gasteiger partial charge in [0.05, 0.1) is 30.3 Å². The van der Waals surface area contributed by atoms with Gasteiger partial charge < -0.3 is 30.9 Å². The third-order valence-corrected chi connectivity index (χ3v) is 7.72. The van der Waals surface area contributed by atoms with Gasteiger partial charge in [-0.3, -0.25) is 19.4 Å². The molecule has 1 saturated heterocycles. The number of amides is 4. The van der Waals surface area contributed by atoms with Crippen molar-refractivity contribution in [1.82, 2.24) is 15.2 Å². The van der Waals surface area contributed by atoms with Crippen molar-refractivity contribution in [3.05, 3.63) is 120 Å². The summed E-state index contributed by atoms with van der Waals surface area (Å²) in [5.41, 5.74) is 4.46. The number of piperazine rings is 1. The summed E-state index contributed by atoms with van der Waals surface area (Å²) in [6, 6.07) is 24.1. The van der Waals surface area contributed by atoms with Crippen molar-refractivity contribution in [1.29, 1.82) is 0 Å². The Bertz CT molecular complexity index is 1690. The number of nitrogens with one attached hydrogen (secondary N) is 3. The molecule has 1 aliphatic heterocycles. The Labute approximate surface area is 267 Å². The van der Waals surface area contributed by atoms with Crippen LogP contribution in [0.15, 0.2) is 97.3 Å². The fourth-order valence-corrected chi connectivity index (χ4v) is 5.39. The van der Waals surface area contributed by atoms with Gasteiger partial charge in [-0.1, -0.05) is 48.5 Å². The maximum absolute atomic E-state index is 13.4. The number of aryl methyl sites for hydroxylation is 1. The van der Waals surface area contributed by atoms with Crippen molar-refractivity contribution in [2.24, 2.45) is 0 Å². The number of hydrogen-bond acceptors (Lipinski definition) is 6. The van der Waals surface area contributed by atoms with E-state index in [9.17, 15) is 24.3 Å². The Morgan fingerprint density at radius 1 is 0.870 bits per heavy atom. The number of aromatic nitrogens is 1. The normalized spacial score (nSPS) is 13.4. The molecule has 0 saturated carbocycles. The summed E-state index contributed by atoms with van der Waals surface area (Å²) in [4.78, 5) is 59.0. The van der Waals surface area contributed by atoms with Crippen LogP contribution in [0.4, 0.5) is 21.9 Å². The summed E-state index contributed by atoms with van der Waals surface area (Å²) >= 11 is 0. The van der Waals surface area contributed by atoms with Gasteiger partial charge in [-0.25, -0.2) is 4.79 Å². The Morgan fingerprint density at radius 2 is 1.65 bits per heavy atom. The zero-order chi connectivity index (χ0) is 32.5. The fraction of sp³-hybridized carbons (Fsp3) is 0.229. The number of carboxylic acid groups (broad SMARTS) is 1. The van der Waals surface area contributed by atoms with Crippen LogP contribution in [-0.2, 0) is 16.0 Å². The van der Waals surface area contributed by atoms with E-state index in [4.69, 9.17) is 0 Å². The molecule has 11 nitrogen and oxygen atoms in total. The quantitative estimate of drug-likeness (QED) is 0.198. The maximum Gasteiger partial charge on any atom is 0.323 e. The van der Waals surface area contributed by atoms with Crippen LogP contribution in [0.1, 0.15) is 39.5 Å². The molecule has 4 N–H and O–H groups in total. The number of nitrogens with zero attached hydrogens (tertiary/aromatic N) is 3. The van der Waals surface area contributed by atoms with Gasteiger partial charge in [-0.2, -0.15) is 0 Å². The number of carbonyl (C=O) groups is 4. The van der Waals surface area contributed by atoms with Gasteiger partial charge in [0, 0.05) is 49.8 Å². The average Bonchev–Trinajstić information content (AvgIpc) is 3.05. The highest BCUT2D eigenvalue weighted by Gasteiger charge is 2.25. The summed E-state index contributed by atoms with van der Waals surface area (Å²) in [6.45, 7) is 4.00. The summed E-state index contributed by atoms with van der Waals surface area (Å²) in [5, 5.41) is 18.0. The minimum atomic E-state index is -1.07. The van der Waals surface area contributed by atoms with Crippen molar-refractivity contribution in [2.75, 3.05) is 41.7 Å². The van der Waals surface area contributed by atoms with Crippen LogP contribution >= 0.6 is 0 Å². The number of hydrogen-bond donors (Lipinski definition) is 4. The summed E-state index contributed by atoms with van der Waals surface area (Å²) in [5.74, 6) is -1.51. The number of anilines is 3. The SMILES string of the molecule is Cc1cccc(NC(=O)Nc2cc(C(=O)NC(CC(=O)O)c3cccnc3)ccc2N2CCN(C(=O)Cc3ccccc3)CC2)c1. The highest BCUT2D eigenvalue weighted by Crippen LogP contribution is 2.29. The largest absolute Gasteiger partial charge is 0.481 e. The molecule has 0 radical (unpaired) electrons. The molecule has 1 unspecified atom stereocenters. The smallest absolute Gasteiger partial charge is 0.323 e. The van der Waals surface area contributed by atoms with Crippen molar-refractivity contribution in [3.8, 4) is 0 Å². The molecular weight excluding hydrogens is 584 g/mol. The zero-order valence-electron chi connectivity index (χ0n) is 25.5. The Hall–Kier alpha value is -5.71. The number of urea groups is 1. The molecule has 1 aliphatic rings. The van der Waals surface area contributed by atoms with Crippen LogP contribution in [0.2, 0.25) is 0 Å². The van der Waals surface area contributed by atoms with E-state index in [2.05, 4.69) is 25.8 Å². The van der Waals surface area contributed by atoms with Crippen molar-refractivity contribution >= 4 is 40.9 Å². The molecule has 1 aromatic heterocycles. The molecule has 4 amide bonds. The lowest BCUT2D eigenvalue weighted by Gasteiger charge is -2.37. The van der Waals surface area contributed by atoms with Crippen LogP contribution in [0.25, 0.3) is 0 Å². The molecule has 0 spiro atoms. The molecule has 2 heterocycles. The first-order chi connectivity index (χ1) is 22.2. The van der Waals surface area contributed by atoms with Crippen LogP contribution in [0.3, 0.4) is 0 Å². The highest BCUT2D eigenvalue weighted by atomic mass is 16.4. The zero-order valence-corrected chi connectivity index (χ0v) is 25.5. The second-order valence-corrected chi connectivity index (χ2v) is 11.1. The maximum atomic E-state index is 13.4. The van der Waals surface area contributed by atoms with Crippen molar-refractivity contribution < 1.29 is 24.3 Å². The fourth-order valence-electron chi connectivity index (χ4n) is 5.39. The van der Waals surface area contributed by atoms with Crippen molar-refractivity contribution in [2.45, 2.75) is 25.8 Å². The summed E-state index contributed by atoms with van der Waals surface area (Å²) < 4.78 is 0. The van der Waals surface area contributed by atoms with E-state index in [1.165, 1.54) is 6.20 Å². The molecule has 0 aliphatic carbocycles. The molecule has 4 aromatic rings. The first-order valence-corrected chi connectivity index (χ1v) is 15.0. The molecule has 0 bridgehead atoms. The van der Waals surface area contributed by atoms with E-state index in [1.54, 1.807) is 42.6 Å². The van der Waals surface area contributed by atoms with Crippen molar-refractivity contribution in [3.63, 3.8) is 0 Å². The van der Waals surface area contributed by atoms with Gasteiger partial charge in [0.1, 0.15) is 0 Å². The Morgan fingerprint density at radius 3 is 2.35 bits per heavy atom. The van der Waals surface area contributed by atoms with Gasteiger partial charge in [0.15, 0.2) is 0 Å². The summed E-state index contributed by atoms with van der Waals surface area (Å²) in [7, 11) is 0. The van der Waals surface area contributed by atoms with E-state index >= 15 is 0 Å². The van der Waals surface area contributed by atoms with Gasteiger partial charge >= 0.3 is 12.0 Å². The molecule has 1 fully saturated rings. The summed E-state index contributed by atoms with van der Waals surface area (Å²) in [6.07, 6.45) is 3.09. The number of benzene rings is 3. The van der Waals surface area contributed by atoms with Gasteiger partial charge in [-0.05, 0) is 60.0 Å². The predicted octanol–water partition coefficient (Wildman–Crippen LogP) is 4.87. The minimum Gasteiger partial charge on any atom is -0.481 e. The second-order valence-electron chi connectivity index (χ2n) is 11.1. The Balaban J connectivity index is 1.34. The molecule has 11 heteroatoms. The topological polar surface area (TPSA) is 144 Å². The standard InChI is InChI=1S/C35H36N6O5/c1-24-7-5-11-28(19-24)37-35(46)39-30-21-26(34(45)38-29(22-33(43)44)27-10-6-14-36-23-27)12-13-31(30)40-15-17-41(18-16-40)32(42)20-25-8-3-2-4-9-25/h2-14,19,21,23,29H,15-18,20,22H2,1H3,(H,38,45)(H,43,44)(H2,37,39,46). The third-order valence-electron chi connectivity index (χ3n) is 7.72. The van der Waals surface area contributed by atoms with E-state index in [0.29, 0.717) is 55.2 Å². The molecule has 1 atom stereocenters. The minimum absolute atomic E-state index is 0.0540. The monoisotopic (exact) mass is 620 g/mol. The number of pyridine rings is 1. The van der Waals surface area contributed by atoms with Gasteiger partial charge in [-0.15, -0.1) is 0 Å². The van der Waals surface area contributed by atoms with E-state index in [0.717, 1.165) is 11.1 Å². The first-order valence-electron chi connectivity index (χ1n) is 15.0. The lowest BCUT2D eigenvalue weighted by atomic mass is 10.0. The number of rotatable bonds is 10. The van der Waals surface area contributed by atoms with Gasteiger partial charge in [0.25, 0.3) is 5.91 Å². The van der Waals surface area contributed by atoms with E-state index in [1.807, 2.05) is 60.4 Å². The van der Waals surface area contributed by atoms with E-state index < -0.39 is 23.9 Å². The molecule has 236 valence electrons. The molecule has 3 aromatic carbocycles. The Kier molecular flexibility index (Phi) is 10.2. The number of aliphatic carboxylic acids is 1. The van der Waals surface area contributed by atoms with Crippen LogP contribution in [0.5, 0.6) is 0 Å². The predicted molar refractivity (Wildman–Crippen MR) is 176 cm³/mol. The van der Waals surface area contributed by atoms with Gasteiger partial charge in [0.2, 0.25) is 5.91 Å². The van der Waals surface area contributed by atoms with E-state index in [-0.39, 0.29) is 17.9 Å². The van der Waals surface area contributed by atoms with Crippen LogP contribution in [-0.4, -0.2) is 65.0 Å². The third kappa shape index (κ3) is 8.47. The molecule has 5 rings (SSSR count). The lowest BCUT2D eigenvalue weighted by molar-refractivity contribution is -0.137. The molecular formula is C35H36N6O5. The number of carboxylic acids is 1. The number of carbonyl (C=O) groups excluding carboxylic acids is 3. The van der Waals surface area contributed by atoms with Crippen LogP contribution < -0.4 is 20.9 Å². The second kappa shape index (κ2) is 14.8. The highest BCUT2D eigenvalue weighted by molar-refractivity contribution is 6.04. The van der Waals surface area contributed by atoms with Crippen LogP contribution in [0, 0.1) is 6.92 Å². The molecule has 46 heavy (non-hydrogen) atoms.